The molecule has 20 heavy (non-hydrogen) atoms. The number of hydrogen-bond donors (Lipinski definition) is 1. The highest BCUT2D eigenvalue weighted by Gasteiger charge is 2.43. The third kappa shape index (κ3) is 2.85. The molecule has 0 bridgehead atoms. The summed E-state index contributed by atoms with van der Waals surface area (Å²) in [6.07, 6.45) is 0. The summed E-state index contributed by atoms with van der Waals surface area (Å²) in [5, 5.41) is 10.6. The number of piperazine rings is 1. The number of fused-ring (bicyclic) bond motifs is 1. The van der Waals surface area contributed by atoms with Crippen LogP contribution in [-0.2, 0) is 11.3 Å². The Bertz CT molecular complexity index is 454. The maximum atomic E-state index is 9.83. The summed E-state index contributed by atoms with van der Waals surface area (Å²) < 4.78 is 5.60. The molecule has 2 aliphatic rings. The molecule has 0 radical (unpaired) electrons. The van der Waals surface area contributed by atoms with Crippen LogP contribution in [0.1, 0.15) is 5.56 Å². The highest BCUT2D eigenvalue weighted by molar-refractivity contribution is 6.30. The fourth-order valence-electron chi connectivity index (χ4n) is 3.20. The van der Waals surface area contributed by atoms with Gasteiger partial charge in [0.25, 0.3) is 0 Å². The van der Waals surface area contributed by atoms with Gasteiger partial charge < -0.3 is 9.84 Å². The van der Waals surface area contributed by atoms with Crippen LogP contribution in [0.15, 0.2) is 24.3 Å². The van der Waals surface area contributed by atoms with Gasteiger partial charge in [-0.05, 0) is 17.7 Å². The number of ether oxygens (including phenoxy) is 1. The molecule has 1 unspecified atom stereocenters. The van der Waals surface area contributed by atoms with E-state index in [-0.39, 0.29) is 12.1 Å². The van der Waals surface area contributed by atoms with Gasteiger partial charge in [-0.3, -0.25) is 9.80 Å². The van der Waals surface area contributed by atoms with Crippen molar-refractivity contribution in [2.75, 3.05) is 46.0 Å². The highest BCUT2D eigenvalue weighted by Crippen LogP contribution is 2.26. The predicted molar refractivity (Wildman–Crippen MR) is 78.9 cm³/mol. The molecule has 0 saturated carbocycles. The van der Waals surface area contributed by atoms with Crippen LogP contribution in [-0.4, -0.2) is 66.4 Å². The molecule has 1 aromatic carbocycles. The second kappa shape index (κ2) is 6.00. The van der Waals surface area contributed by atoms with E-state index in [1.54, 1.807) is 0 Å². The fraction of sp³-hybridized carbons (Fsp3) is 0.600. The average molecular weight is 297 g/mol. The van der Waals surface area contributed by atoms with E-state index >= 15 is 0 Å². The Morgan fingerprint density at radius 1 is 1.20 bits per heavy atom. The van der Waals surface area contributed by atoms with Crippen LogP contribution in [0.3, 0.4) is 0 Å². The molecule has 2 fully saturated rings. The molecule has 0 spiro atoms. The topological polar surface area (TPSA) is 35.9 Å². The molecule has 2 aliphatic heterocycles. The van der Waals surface area contributed by atoms with E-state index in [0.717, 1.165) is 44.4 Å². The van der Waals surface area contributed by atoms with E-state index in [0.29, 0.717) is 6.61 Å². The van der Waals surface area contributed by atoms with Crippen LogP contribution in [0.5, 0.6) is 0 Å². The monoisotopic (exact) mass is 296 g/mol. The third-order valence-electron chi connectivity index (χ3n) is 4.36. The largest absolute Gasteiger partial charge is 0.394 e. The molecule has 0 aliphatic carbocycles. The number of hydrogen-bond acceptors (Lipinski definition) is 4. The lowest BCUT2D eigenvalue weighted by Gasteiger charge is -2.52. The van der Waals surface area contributed by atoms with Crippen molar-refractivity contribution in [1.29, 1.82) is 0 Å². The van der Waals surface area contributed by atoms with Crippen molar-refractivity contribution < 1.29 is 9.84 Å². The van der Waals surface area contributed by atoms with Crippen LogP contribution < -0.4 is 0 Å². The molecule has 1 atom stereocenters. The number of aliphatic hydroxyl groups is 1. The van der Waals surface area contributed by atoms with Crippen LogP contribution in [0.25, 0.3) is 0 Å². The zero-order valence-electron chi connectivity index (χ0n) is 11.6. The quantitative estimate of drug-likeness (QED) is 0.910. The standard InChI is InChI=1S/C15H21ClN2O2/c16-14-3-1-13(2-4-14)9-17-5-6-18-7-8-20-12-15(18,10-17)11-19/h1-4,19H,5-12H2. The summed E-state index contributed by atoms with van der Waals surface area (Å²) in [7, 11) is 0. The number of halogens is 1. The minimum Gasteiger partial charge on any atom is -0.394 e. The molecule has 2 saturated heterocycles. The highest BCUT2D eigenvalue weighted by atomic mass is 35.5. The van der Waals surface area contributed by atoms with Gasteiger partial charge >= 0.3 is 0 Å². The maximum Gasteiger partial charge on any atom is 0.0805 e. The SMILES string of the molecule is OCC12COCCN1CCN(Cc1ccc(Cl)cc1)C2. The van der Waals surface area contributed by atoms with Crippen LogP contribution >= 0.6 is 11.6 Å². The molecule has 110 valence electrons. The minimum absolute atomic E-state index is 0.157. The Kier molecular flexibility index (Phi) is 4.29. The van der Waals surface area contributed by atoms with E-state index in [2.05, 4.69) is 21.9 Å². The first-order valence-electron chi connectivity index (χ1n) is 7.12. The number of nitrogens with zero attached hydrogens (tertiary/aromatic N) is 2. The maximum absolute atomic E-state index is 9.83. The molecule has 4 nitrogen and oxygen atoms in total. The molecule has 0 amide bonds. The Hall–Kier alpha value is -0.650. The number of aliphatic hydroxyl groups excluding tert-OH is 1. The summed E-state index contributed by atoms with van der Waals surface area (Å²) >= 11 is 5.92. The molecular formula is C15H21ClN2O2. The summed E-state index contributed by atoms with van der Waals surface area (Å²) in [6, 6.07) is 7.99. The van der Waals surface area contributed by atoms with Gasteiger partial charge in [0.05, 0.1) is 25.4 Å². The second-order valence-corrected chi connectivity index (χ2v) is 6.20. The normalized spacial score (nSPS) is 28.3. The minimum atomic E-state index is -0.219. The van der Waals surface area contributed by atoms with Crippen LogP contribution in [0, 0.1) is 0 Å². The van der Waals surface area contributed by atoms with Gasteiger partial charge in [-0.25, -0.2) is 0 Å². The van der Waals surface area contributed by atoms with Crippen molar-refractivity contribution in [3.8, 4) is 0 Å². The number of morpholine rings is 1. The van der Waals surface area contributed by atoms with E-state index in [1.807, 2.05) is 12.1 Å². The summed E-state index contributed by atoms with van der Waals surface area (Å²) in [5.41, 5.74) is 1.04. The fourth-order valence-corrected chi connectivity index (χ4v) is 3.32. The zero-order chi connectivity index (χ0) is 14.0. The predicted octanol–water partition coefficient (Wildman–Crippen LogP) is 1.22. The van der Waals surface area contributed by atoms with Crippen LogP contribution in [0.2, 0.25) is 5.02 Å². The van der Waals surface area contributed by atoms with Gasteiger partial charge in [0.1, 0.15) is 0 Å². The van der Waals surface area contributed by atoms with E-state index in [4.69, 9.17) is 16.3 Å². The number of benzene rings is 1. The van der Waals surface area contributed by atoms with Crippen molar-refractivity contribution in [2.45, 2.75) is 12.1 Å². The second-order valence-electron chi connectivity index (χ2n) is 5.76. The van der Waals surface area contributed by atoms with Gasteiger partial charge in [0.15, 0.2) is 0 Å². The lowest BCUT2D eigenvalue weighted by Crippen LogP contribution is -2.68. The summed E-state index contributed by atoms with van der Waals surface area (Å²) in [5.74, 6) is 0. The first kappa shape index (κ1) is 14.3. The van der Waals surface area contributed by atoms with Gasteiger partial charge in [-0.15, -0.1) is 0 Å². The first-order chi connectivity index (χ1) is 9.72. The molecule has 1 N–H and O–H groups in total. The van der Waals surface area contributed by atoms with Gasteiger partial charge in [0.2, 0.25) is 0 Å². The summed E-state index contributed by atoms with van der Waals surface area (Å²) in [4.78, 5) is 4.78. The van der Waals surface area contributed by atoms with Gasteiger partial charge in [-0.2, -0.15) is 0 Å². The molecule has 1 aromatic rings. The van der Waals surface area contributed by atoms with E-state index in [9.17, 15) is 5.11 Å². The molecule has 2 heterocycles. The van der Waals surface area contributed by atoms with Crippen molar-refractivity contribution in [3.63, 3.8) is 0 Å². The van der Waals surface area contributed by atoms with Crippen LogP contribution in [0.4, 0.5) is 0 Å². The van der Waals surface area contributed by atoms with Gasteiger partial charge in [-0.1, -0.05) is 23.7 Å². The number of rotatable bonds is 3. The Balaban J connectivity index is 1.68. The molecular weight excluding hydrogens is 276 g/mol. The first-order valence-corrected chi connectivity index (χ1v) is 7.50. The Morgan fingerprint density at radius 3 is 2.75 bits per heavy atom. The van der Waals surface area contributed by atoms with Gasteiger partial charge in [0, 0.05) is 37.7 Å². The Labute approximate surface area is 124 Å². The van der Waals surface area contributed by atoms with Crippen molar-refractivity contribution >= 4 is 11.6 Å². The lowest BCUT2D eigenvalue weighted by atomic mass is 9.94. The lowest BCUT2D eigenvalue weighted by molar-refractivity contribution is -0.127. The zero-order valence-corrected chi connectivity index (χ0v) is 12.4. The summed E-state index contributed by atoms with van der Waals surface area (Å²) in [6.45, 7) is 6.26. The van der Waals surface area contributed by atoms with E-state index < -0.39 is 0 Å². The third-order valence-corrected chi connectivity index (χ3v) is 4.62. The molecule has 3 rings (SSSR count). The molecule has 5 heteroatoms. The van der Waals surface area contributed by atoms with Crippen molar-refractivity contribution in [3.05, 3.63) is 34.9 Å². The Morgan fingerprint density at radius 2 is 2.00 bits per heavy atom. The average Bonchev–Trinajstić information content (AvgIpc) is 2.49. The van der Waals surface area contributed by atoms with Crippen molar-refractivity contribution in [1.82, 2.24) is 9.80 Å². The molecule has 0 aromatic heterocycles. The smallest absolute Gasteiger partial charge is 0.0805 e. The van der Waals surface area contributed by atoms with Crippen molar-refractivity contribution in [2.24, 2.45) is 0 Å². The van der Waals surface area contributed by atoms with E-state index in [1.165, 1.54) is 5.56 Å².